The molecule has 0 aliphatic carbocycles. The molecule has 4 heterocycles. The van der Waals surface area contributed by atoms with Crippen LogP contribution >= 0.6 is 0 Å². The number of nitrogens with zero attached hydrogens (tertiary/aromatic N) is 6. The Morgan fingerprint density at radius 1 is 1.07 bits per heavy atom. The number of amides is 1. The topological polar surface area (TPSA) is 114 Å². The Morgan fingerprint density at radius 2 is 1.73 bits per heavy atom. The van der Waals surface area contributed by atoms with E-state index in [1.54, 1.807) is 37.9 Å². The first-order chi connectivity index (χ1) is 21.1. The molecule has 1 saturated heterocycles. The van der Waals surface area contributed by atoms with Crippen molar-refractivity contribution in [1.82, 2.24) is 24.4 Å². The molecule has 0 spiro atoms. The van der Waals surface area contributed by atoms with Gasteiger partial charge >= 0.3 is 11.8 Å². The molecular weight excluding hydrogens is 582 g/mol. The Kier molecular flexibility index (Phi) is 8.28. The Bertz CT molecular complexity index is 1820. The maximum absolute atomic E-state index is 16.0. The summed E-state index contributed by atoms with van der Waals surface area (Å²) >= 11 is 0. The monoisotopic (exact) mass is 620 g/mol. The first-order valence-corrected chi connectivity index (χ1v) is 14.9. The Hall–Kier alpha value is -4.61. The lowest BCUT2D eigenvalue weighted by atomic mass is 10.0. The molecule has 1 aromatic carbocycles. The summed E-state index contributed by atoms with van der Waals surface area (Å²) in [5, 5.41) is 10.7. The SMILES string of the molecule is Cc1ccnc(C(C)C)c1-n1c(=O)nc(N2[C@H](C)CN(C(=O)OC(C)(C)C)C[C@@H]2C)c2cc(F)c(-c3c(O)cccc3F)nc21. The molecule has 12 heteroatoms. The molecule has 1 amide bonds. The van der Waals surface area contributed by atoms with Crippen LogP contribution in [0.15, 0.2) is 41.3 Å². The first-order valence-electron chi connectivity index (χ1n) is 14.9. The fourth-order valence-corrected chi connectivity index (χ4v) is 5.93. The highest BCUT2D eigenvalue weighted by atomic mass is 19.1. The molecule has 0 unspecified atom stereocenters. The van der Waals surface area contributed by atoms with E-state index in [1.807, 2.05) is 39.5 Å². The number of anilines is 1. The third-order valence-electron chi connectivity index (χ3n) is 7.77. The van der Waals surface area contributed by atoms with Crippen LogP contribution in [0, 0.1) is 18.6 Å². The van der Waals surface area contributed by atoms with Crippen molar-refractivity contribution in [2.24, 2.45) is 0 Å². The van der Waals surface area contributed by atoms with Crippen LogP contribution < -0.4 is 10.6 Å². The molecule has 45 heavy (non-hydrogen) atoms. The molecular formula is C33H38F2N6O4. The molecule has 1 aliphatic rings. The maximum Gasteiger partial charge on any atom is 0.410 e. The van der Waals surface area contributed by atoms with E-state index in [1.165, 1.54) is 22.8 Å². The van der Waals surface area contributed by atoms with Gasteiger partial charge in [-0.05, 0) is 77.3 Å². The first kappa shape index (κ1) is 31.8. The standard InChI is InChI=1S/C33H38F2N6O4/c1-17(2)26-28(18(3)12-13-36-26)41-29-21(14-23(35)27(37-29)25-22(34)10-9-11-24(25)42)30(38-31(41)43)40-19(4)15-39(16-20(40)5)32(44)45-33(6,7)8/h9-14,17,19-20,42H,15-16H2,1-8H3/t19-,20+. The van der Waals surface area contributed by atoms with E-state index in [9.17, 15) is 14.7 Å². The highest BCUT2D eigenvalue weighted by Crippen LogP contribution is 2.37. The molecule has 1 aliphatic heterocycles. The number of hydrogen-bond acceptors (Lipinski definition) is 8. The predicted molar refractivity (Wildman–Crippen MR) is 168 cm³/mol. The van der Waals surface area contributed by atoms with Crippen molar-refractivity contribution in [2.45, 2.75) is 79.0 Å². The zero-order valence-corrected chi connectivity index (χ0v) is 26.7. The number of rotatable bonds is 4. The predicted octanol–water partition coefficient (Wildman–Crippen LogP) is 6.09. The van der Waals surface area contributed by atoms with Crippen LogP contribution in [0.4, 0.5) is 19.4 Å². The highest BCUT2D eigenvalue weighted by molar-refractivity contribution is 5.91. The number of halogens is 2. The summed E-state index contributed by atoms with van der Waals surface area (Å²) in [4.78, 5) is 44.0. The number of ether oxygens (including phenoxy) is 1. The van der Waals surface area contributed by atoms with Gasteiger partial charge in [0.15, 0.2) is 11.5 Å². The average molecular weight is 621 g/mol. The minimum Gasteiger partial charge on any atom is -0.507 e. The van der Waals surface area contributed by atoms with E-state index in [0.717, 1.165) is 6.07 Å². The third kappa shape index (κ3) is 5.93. The van der Waals surface area contributed by atoms with E-state index in [0.29, 0.717) is 16.9 Å². The number of carbonyl (C=O) groups is 1. The van der Waals surface area contributed by atoms with Crippen LogP contribution in [0.5, 0.6) is 5.75 Å². The lowest BCUT2D eigenvalue weighted by molar-refractivity contribution is 0.0192. The van der Waals surface area contributed by atoms with Crippen LogP contribution in [-0.2, 0) is 4.74 Å². The van der Waals surface area contributed by atoms with Crippen molar-refractivity contribution in [3.05, 3.63) is 69.9 Å². The molecule has 10 nitrogen and oxygen atoms in total. The molecule has 238 valence electrons. The smallest absolute Gasteiger partial charge is 0.410 e. The fraction of sp³-hybridized carbons (Fsp3) is 0.424. The van der Waals surface area contributed by atoms with Gasteiger partial charge in [-0.1, -0.05) is 19.9 Å². The van der Waals surface area contributed by atoms with Crippen LogP contribution in [-0.4, -0.2) is 66.4 Å². The van der Waals surface area contributed by atoms with Crippen LogP contribution in [0.2, 0.25) is 0 Å². The number of fused-ring (bicyclic) bond motifs is 1. The summed E-state index contributed by atoms with van der Waals surface area (Å²) in [6, 6.07) is 5.86. The van der Waals surface area contributed by atoms with Gasteiger partial charge in [0.2, 0.25) is 0 Å². The number of pyridine rings is 2. The number of carbonyl (C=O) groups excluding carboxylic acids is 1. The second kappa shape index (κ2) is 11.7. The Balaban J connectivity index is 1.77. The second-order valence-corrected chi connectivity index (χ2v) is 12.9. The Labute approximate surface area is 260 Å². The number of piperazine rings is 1. The number of aryl methyl sites for hydroxylation is 1. The van der Waals surface area contributed by atoms with Crippen LogP contribution in [0.25, 0.3) is 28.0 Å². The summed E-state index contributed by atoms with van der Waals surface area (Å²) in [6.45, 7) is 15.4. The zero-order chi connectivity index (χ0) is 33.0. The van der Waals surface area contributed by atoms with Crippen LogP contribution in [0.1, 0.15) is 65.6 Å². The van der Waals surface area contributed by atoms with Gasteiger partial charge in [0.25, 0.3) is 0 Å². The number of aromatic hydroxyl groups is 1. The molecule has 1 fully saturated rings. The van der Waals surface area contributed by atoms with Gasteiger partial charge in [-0.3, -0.25) is 4.98 Å². The van der Waals surface area contributed by atoms with Gasteiger partial charge in [0.1, 0.15) is 28.7 Å². The van der Waals surface area contributed by atoms with Crippen molar-refractivity contribution < 1.29 is 23.4 Å². The number of phenols is 1. The fourth-order valence-electron chi connectivity index (χ4n) is 5.93. The largest absolute Gasteiger partial charge is 0.507 e. The molecule has 0 bridgehead atoms. The van der Waals surface area contributed by atoms with Gasteiger partial charge < -0.3 is 19.6 Å². The number of benzene rings is 1. The Morgan fingerprint density at radius 3 is 2.33 bits per heavy atom. The average Bonchev–Trinajstić information content (AvgIpc) is 2.92. The molecule has 0 saturated carbocycles. The van der Waals surface area contributed by atoms with E-state index >= 15 is 8.78 Å². The molecule has 3 aromatic heterocycles. The maximum atomic E-state index is 16.0. The zero-order valence-electron chi connectivity index (χ0n) is 26.7. The van der Waals surface area contributed by atoms with Gasteiger partial charge in [-0.15, -0.1) is 0 Å². The van der Waals surface area contributed by atoms with Gasteiger partial charge in [0, 0.05) is 31.4 Å². The lowest BCUT2D eigenvalue weighted by Gasteiger charge is -2.45. The van der Waals surface area contributed by atoms with Crippen molar-refractivity contribution in [2.75, 3.05) is 18.0 Å². The second-order valence-electron chi connectivity index (χ2n) is 12.9. The van der Waals surface area contributed by atoms with E-state index in [4.69, 9.17) is 4.74 Å². The number of phenolic OH excluding ortho intramolecular Hbond substituents is 1. The third-order valence-corrected chi connectivity index (χ3v) is 7.77. The molecule has 2 atom stereocenters. The molecule has 5 rings (SSSR count). The van der Waals surface area contributed by atoms with Crippen molar-refractivity contribution in [3.63, 3.8) is 0 Å². The van der Waals surface area contributed by atoms with Crippen molar-refractivity contribution >= 4 is 22.9 Å². The summed E-state index contributed by atoms with van der Waals surface area (Å²) in [7, 11) is 0. The summed E-state index contributed by atoms with van der Waals surface area (Å²) in [5.41, 5.74) is -0.456. The van der Waals surface area contributed by atoms with Gasteiger partial charge in [0.05, 0.1) is 22.3 Å². The van der Waals surface area contributed by atoms with E-state index in [-0.39, 0.29) is 47.9 Å². The summed E-state index contributed by atoms with van der Waals surface area (Å²) < 4.78 is 37.9. The highest BCUT2D eigenvalue weighted by Gasteiger charge is 2.37. The molecule has 0 radical (unpaired) electrons. The van der Waals surface area contributed by atoms with Crippen LogP contribution in [0.3, 0.4) is 0 Å². The van der Waals surface area contributed by atoms with Gasteiger partial charge in [-0.25, -0.2) is 27.9 Å². The van der Waals surface area contributed by atoms with Gasteiger partial charge in [-0.2, -0.15) is 4.98 Å². The number of hydrogen-bond donors (Lipinski definition) is 1. The van der Waals surface area contributed by atoms with Crippen molar-refractivity contribution in [1.29, 1.82) is 0 Å². The quantitative estimate of drug-likeness (QED) is 0.292. The van der Waals surface area contributed by atoms with E-state index < -0.39 is 46.0 Å². The molecule has 1 N–H and O–H groups in total. The normalized spacial score (nSPS) is 17.3. The minimum absolute atomic E-state index is 0.0241. The summed E-state index contributed by atoms with van der Waals surface area (Å²) in [6.07, 6.45) is 1.19. The summed E-state index contributed by atoms with van der Waals surface area (Å²) in [5.74, 6) is -2.19. The lowest BCUT2D eigenvalue weighted by Crippen LogP contribution is -2.59. The minimum atomic E-state index is -0.907. The number of aromatic nitrogens is 4. The van der Waals surface area contributed by atoms with Crippen molar-refractivity contribution in [3.8, 4) is 22.7 Å². The van der Waals surface area contributed by atoms with E-state index in [2.05, 4.69) is 15.0 Å². The molecule has 4 aromatic rings.